The van der Waals surface area contributed by atoms with Gasteiger partial charge in [0.1, 0.15) is 12.2 Å². The third-order valence-corrected chi connectivity index (χ3v) is 9.14. The number of carbonyl (C=O) groups excluding carboxylic acids is 1. The van der Waals surface area contributed by atoms with Gasteiger partial charge in [0.25, 0.3) is 0 Å². The highest BCUT2D eigenvalue weighted by Crippen LogP contribution is 2.71. The lowest BCUT2D eigenvalue weighted by Crippen LogP contribution is -2.66. The molecule has 10 atom stereocenters. The Kier molecular flexibility index (Phi) is 3.92. The molecule has 0 aromatic heterocycles. The van der Waals surface area contributed by atoms with E-state index in [2.05, 4.69) is 20.8 Å². The van der Waals surface area contributed by atoms with Gasteiger partial charge < -0.3 is 29.2 Å². The second-order valence-electron chi connectivity index (χ2n) is 10.2. The zero-order chi connectivity index (χ0) is 20.1. The first-order valence-electron chi connectivity index (χ1n) is 10.6. The largest absolute Gasteiger partial charge is 0.462 e. The molecule has 0 radical (unpaired) electrons. The van der Waals surface area contributed by atoms with Crippen molar-refractivity contribution in [2.75, 3.05) is 7.11 Å². The number of esters is 1. The molecule has 3 saturated heterocycles. The van der Waals surface area contributed by atoms with E-state index in [1.165, 1.54) is 7.11 Å². The Morgan fingerprint density at radius 1 is 1.14 bits per heavy atom. The van der Waals surface area contributed by atoms with Crippen LogP contribution in [-0.4, -0.2) is 59.3 Å². The van der Waals surface area contributed by atoms with Crippen LogP contribution in [0.5, 0.6) is 0 Å². The molecule has 5 aliphatic rings. The molecule has 28 heavy (non-hydrogen) atoms. The summed E-state index contributed by atoms with van der Waals surface area (Å²) in [6.45, 7) is 6.44. The van der Waals surface area contributed by atoms with Gasteiger partial charge in [-0.2, -0.15) is 0 Å². The molecule has 2 saturated carbocycles. The van der Waals surface area contributed by atoms with Crippen LogP contribution in [0.15, 0.2) is 0 Å². The van der Waals surface area contributed by atoms with Crippen molar-refractivity contribution >= 4 is 5.97 Å². The number of rotatable bonds is 1. The maximum absolute atomic E-state index is 12.8. The summed E-state index contributed by atoms with van der Waals surface area (Å²) in [5.74, 6) is 0.143. The molecule has 0 bridgehead atoms. The van der Waals surface area contributed by atoms with Crippen molar-refractivity contribution in [2.45, 2.75) is 95.3 Å². The minimum Gasteiger partial charge on any atom is -0.462 e. The van der Waals surface area contributed by atoms with Gasteiger partial charge in [0.15, 0.2) is 18.2 Å². The Morgan fingerprint density at radius 2 is 1.89 bits per heavy atom. The molecule has 158 valence electrons. The number of methoxy groups -OCH3 is 1. The number of aliphatic hydroxyl groups is 2. The van der Waals surface area contributed by atoms with Gasteiger partial charge in [0, 0.05) is 18.4 Å². The molecule has 2 N–H and O–H groups in total. The highest BCUT2D eigenvalue weighted by molar-refractivity contribution is 5.80. The van der Waals surface area contributed by atoms with Crippen LogP contribution in [0.2, 0.25) is 0 Å². The molecule has 7 nitrogen and oxygen atoms in total. The van der Waals surface area contributed by atoms with E-state index in [4.69, 9.17) is 18.9 Å². The highest BCUT2D eigenvalue weighted by Gasteiger charge is 2.76. The van der Waals surface area contributed by atoms with Crippen molar-refractivity contribution in [3.63, 3.8) is 0 Å². The van der Waals surface area contributed by atoms with E-state index < -0.39 is 35.3 Å². The maximum atomic E-state index is 12.8. The van der Waals surface area contributed by atoms with Gasteiger partial charge in [-0.3, -0.25) is 4.79 Å². The van der Waals surface area contributed by atoms with E-state index in [1.54, 1.807) is 0 Å². The minimum atomic E-state index is -1.24. The molecule has 2 spiro atoms. The van der Waals surface area contributed by atoms with Crippen molar-refractivity contribution in [3.8, 4) is 0 Å². The fourth-order valence-electron chi connectivity index (χ4n) is 7.82. The van der Waals surface area contributed by atoms with Gasteiger partial charge >= 0.3 is 5.97 Å². The van der Waals surface area contributed by atoms with Crippen molar-refractivity contribution in [1.29, 1.82) is 0 Å². The minimum absolute atomic E-state index is 0.0749. The zero-order valence-electron chi connectivity index (χ0n) is 17.1. The van der Waals surface area contributed by atoms with Gasteiger partial charge in [0.2, 0.25) is 0 Å². The molecule has 0 amide bonds. The third-order valence-electron chi connectivity index (χ3n) is 9.14. The van der Waals surface area contributed by atoms with Gasteiger partial charge in [-0.15, -0.1) is 0 Å². The van der Waals surface area contributed by atoms with E-state index in [1.807, 2.05) is 0 Å². The van der Waals surface area contributed by atoms with Gasteiger partial charge in [-0.25, -0.2) is 0 Å². The SMILES string of the molecule is CO[C@@H]1O[C@H](O)[C@@]2(CC[C@@]3(O2)[C@H](C)C[C@@H]2OC(=O)[C@]4(C)CCC[C@@]3(C)[C@H]24)[C@@H]1O. The summed E-state index contributed by atoms with van der Waals surface area (Å²) < 4.78 is 23.4. The van der Waals surface area contributed by atoms with Gasteiger partial charge in [-0.1, -0.05) is 20.3 Å². The predicted octanol–water partition coefficient (Wildman–Crippen LogP) is 1.73. The van der Waals surface area contributed by atoms with E-state index >= 15 is 0 Å². The van der Waals surface area contributed by atoms with E-state index in [0.29, 0.717) is 12.8 Å². The number of hydrogen-bond acceptors (Lipinski definition) is 7. The average Bonchev–Trinajstić information content (AvgIpc) is 3.24. The standard InChI is InChI=1S/C21H32O7/c1-11-10-12-13-18(2,16(23)26-12)6-5-7-19(13,3)21(11)9-8-20(28-21)14(22)15(25-4)27-17(20)24/h11-15,17,22,24H,5-10H2,1-4H3/t11-,12+,13-,14-,15-,17+,18-,19+,20-,21-/m1/s1. The quantitative estimate of drug-likeness (QED) is 0.652. The first-order chi connectivity index (χ1) is 13.1. The summed E-state index contributed by atoms with van der Waals surface area (Å²) in [5.41, 5.74) is -2.50. The monoisotopic (exact) mass is 396 g/mol. The fraction of sp³-hybridized carbons (Fsp3) is 0.952. The predicted molar refractivity (Wildman–Crippen MR) is 96.9 cm³/mol. The van der Waals surface area contributed by atoms with Crippen molar-refractivity contribution in [1.82, 2.24) is 0 Å². The highest BCUT2D eigenvalue weighted by atomic mass is 16.8. The molecule has 0 unspecified atom stereocenters. The summed E-state index contributed by atoms with van der Waals surface area (Å²) in [7, 11) is 1.45. The summed E-state index contributed by atoms with van der Waals surface area (Å²) in [5, 5.41) is 21.6. The Labute approximate surface area is 165 Å². The molecule has 0 aromatic carbocycles. The summed E-state index contributed by atoms with van der Waals surface area (Å²) >= 11 is 0. The number of ether oxygens (including phenoxy) is 4. The van der Waals surface area contributed by atoms with Crippen LogP contribution in [0, 0.1) is 22.7 Å². The van der Waals surface area contributed by atoms with E-state index in [-0.39, 0.29) is 29.3 Å². The topological polar surface area (TPSA) is 94.5 Å². The molecule has 5 rings (SSSR count). The summed E-state index contributed by atoms with van der Waals surface area (Å²) in [6, 6.07) is 0. The van der Waals surface area contributed by atoms with Crippen LogP contribution in [0.4, 0.5) is 0 Å². The van der Waals surface area contributed by atoms with Crippen LogP contribution in [0.3, 0.4) is 0 Å². The lowest BCUT2D eigenvalue weighted by molar-refractivity contribution is -0.286. The van der Waals surface area contributed by atoms with E-state index in [9.17, 15) is 15.0 Å². The Balaban J connectivity index is 1.58. The molecule has 7 heteroatoms. The molecule has 2 aliphatic carbocycles. The van der Waals surface area contributed by atoms with Gasteiger partial charge in [-0.05, 0) is 44.9 Å². The number of fused-ring (bicyclic) bond motifs is 1. The van der Waals surface area contributed by atoms with Crippen molar-refractivity contribution in [2.24, 2.45) is 22.7 Å². The molecule has 0 aromatic rings. The first-order valence-corrected chi connectivity index (χ1v) is 10.6. The fourth-order valence-corrected chi connectivity index (χ4v) is 7.82. The number of aliphatic hydroxyl groups excluding tert-OH is 2. The molecular formula is C21H32O7. The summed E-state index contributed by atoms with van der Waals surface area (Å²) in [4.78, 5) is 12.8. The maximum Gasteiger partial charge on any atom is 0.312 e. The van der Waals surface area contributed by atoms with Gasteiger partial charge in [0.05, 0.1) is 11.0 Å². The molecule has 3 aliphatic heterocycles. The Bertz CT molecular complexity index is 698. The van der Waals surface area contributed by atoms with Crippen LogP contribution < -0.4 is 0 Å². The second kappa shape index (κ2) is 5.70. The Morgan fingerprint density at radius 3 is 2.57 bits per heavy atom. The number of hydrogen-bond donors (Lipinski definition) is 2. The first kappa shape index (κ1) is 19.2. The lowest BCUT2D eigenvalue weighted by atomic mass is 9.44. The van der Waals surface area contributed by atoms with Crippen LogP contribution in [0.1, 0.15) is 59.3 Å². The smallest absolute Gasteiger partial charge is 0.312 e. The Hall–Kier alpha value is -0.730. The zero-order valence-corrected chi connectivity index (χ0v) is 17.1. The summed E-state index contributed by atoms with van der Waals surface area (Å²) in [6.07, 6.45) is 1.41. The van der Waals surface area contributed by atoms with Crippen molar-refractivity contribution < 1.29 is 34.0 Å². The molecule has 3 heterocycles. The molecule has 5 fully saturated rings. The van der Waals surface area contributed by atoms with Crippen LogP contribution in [-0.2, 0) is 23.7 Å². The van der Waals surface area contributed by atoms with Crippen LogP contribution >= 0.6 is 0 Å². The third kappa shape index (κ3) is 1.95. The van der Waals surface area contributed by atoms with Crippen LogP contribution in [0.25, 0.3) is 0 Å². The molecular weight excluding hydrogens is 364 g/mol. The average molecular weight is 396 g/mol. The normalized spacial score (nSPS) is 60.4. The number of carbonyl (C=O) groups is 1. The lowest BCUT2D eigenvalue weighted by Gasteiger charge is -2.62. The second-order valence-corrected chi connectivity index (χ2v) is 10.2. The van der Waals surface area contributed by atoms with E-state index in [0.717, 1.165) is 25.7 Å². The van der Waals surface area contributed by atoms with Crippen molar-refractivity contribution in [3.05, 3.63) is 0 Å².